The van der Waals surface area contributed by atoms with Crippen LogP contribution >= 0.6 is 0 Å². The van der Waals surface area contributed by atoms with Crippen molar-refractivity contribution in [2.45, 2.75) is 26.9 Å². The minimum atomic E-state index is -3.54. The van der Waals surface area contributed by atoms with E-state index >= 15 is 0 Å². The third kappa shape index (κ3) is 3.83. The van der Waals surface area contributed by atoms with Crippen LogP contribution in [0, 0.1) is 20.8 Å². The second kappa shape index (κ2) is 6.64. The molecule has 1 amide bonds. The Hall–Kier alpha value is -2.54. The number of carbonyl (C=O) groups is 1. The molecule has 1 aliphatic heterocycles. The molecule has 1 heterocycles. The second-order valence-corrected chi connectivity index (χ2v) is 8.64. The van der Waals surface area contributed by atoms with E-state index < -0.39 is 16.1 Å². The van der Waals surface area contributed by atoms with Gasteiger partial charge in [-0.2, -0.15) is 0 Å². The highest BCUT2D eigenvalue weighted by Gasteiger charge is 2.35. The lowest BCUT2D eigenvalue weighted by Gasteiger charge is -2.34. The second-order valence-electron chi connectivity index (χ2n) is 6.74. The number of ether oxygens (including phenoxy) is 1. The molecular weight excluding hydrogens is 352 g/mol. The van der Waals surface area contributed by atoms with Gasteiger partial charge in [0.05, 0.1) is 18.5 Å². The summed E-state index contributed by atoms with van der Waals surface area (Å²) in [6, 6.07) is 11.0. The Morgan fingerprint density at radius 3 is 2.35 bits per heavy atom. The smallest absolute Gasteiger partial charge is 0.267 e. The van der Waals surface area contributed by atoms with Crippen molar-refractivity contribution in [1.82, 2.24) is 0 Å². The van der Waals surface area contributed by atoms with E-state index in [1.54, 1.807) is 12.1 Å². The molecule has 2 aromatic rings. The fraction of sp³-hybridized carbons (Fsp3) is 0.316. The number of nitrogens with one attached hydrogen (secondary N) is 1. The third-order valence-electron chi connectivity index (χ3n) is 4.17. The number of fused-ring (bicyclic) bond motifs is 1. The van der Waals surface area contributed by atoms with Gasteiger partial charge in [-0.1, -0.05) is 12.1 Å². The summed E-state index contributed by atoms with van der Waals surface area (Å²) in [5.74, 6) is 0.00252. The van der Waals surface area contributed by atoms with Gasteiger partial charge in [0.15, 0.2) is 6.10 Å². The monoisotopic (exact) mass is 374 g/mol. The molecule has 0 fully saturated rings. The fourth-order valence-electron chi connectivity index (χ4n) is 3.08. The van der Waals surface area contributed by atoms with E-state index in [9.17, 15) is 13.2 Å². The number of hydrogen-bond donors (Lipinski definition) is 1. The molecule has 6 nitrogen and oxygen atoms in total. The number of sulfonamides is 1. The highest BCUT2D eigenvalue weighted by molar-refractivity contribution is 7.92. The van der Waals surface area contributed by atoms with Crippen molar-refractivity contribution in [2.24, 2.45) is 0 Å². The summed E-state index contributed by atoms with van der Waals surface area (Å²) in [5, 5.41) is 2.82. The Bertz CT molecular complexity index is 949. The SMILES string of the molecule is Cc1cc(C)cc(NC(=O)C2CN(S(C)(=O)=O)c3cc(C)ccc3O2)c1. The van der Waals surface area contributed by atoms with Crippen molar-refractivity contribution < 1.29 is 17.9 Å². The van der Waals surface area contributed by atoms with Crippen molar-refractivity contribution in [3.63, 3.8) is 0 Å². The Kier molecular flexibility index (Phi) is 4.66. The summed E-state index contributed by atoms with van der Waals surface area (Å²) >= 11 is 0. The molecule has 0 bridgehead atoms. The van der Waals surface area contributed by atoms with Gasteiger partial charge in [-0.05, 0) is 61.7 Å². The van der Waals surface area contributed by atoms with E-state index in [1.165, 1.54) is 4.31 Å². The topological polar surface area (TPSA) is 75.7 Å². The Labute approximate surface area is 153 Å². The largest absolute Gasteiger partial charge is 0.476 e. The van der Waals surface area contributed by atoms with Gasteiger partial charge in [0.25, 0.3) is 5.91 Å². The van der Waals surface area contributed by atoms with Crippen LogP contribution in [0.15, 0.2) is 36.4 Å². The van der Waals surface area contributed by atoms with Crippen LogP contribution in [0.4, 0.5) is 11.4 Å². The van der Waals surface area contributed by atoms with E-state index in [-0.39, 0.29) is 12.5 Å². The molecule has 0 aliphatic carbocycles. The van der Waals surface area contributed by atoms with Crippen molar-refractivity contribution in [2.75, 3.05) is 22.4 Å². The third-order valence-corrected chi connectivity index (χ3v) is 5.31. The van der Waals surface area contributed by atoms with E-state index in [4.69, 9.17) is 4.74 Å². The minimum absolute atomic E-state index is 0.0636. The number of hydrogen-bond acceptors (Lipinski definition) is 4. The molecule has 138 valence electrons. The van der Waals surface area contributed by atoms with Crippen LogP contribution in [0.2, 0.25) is 0 Å². The number of amides is 1. The van der Waals surface area contributed by atoms with Crippen LogP contribution in [0.1, 0.15) is 16.7 Å². The van der Waals surface area contributed by atoms with Gasteiger partial charge in [-0.3, -0.25) is 9.10 Å². The molecular formula is C19H22N2O4S. The number of nitrogens with zero attached hydrogens (tertiary/aromatic N) is 1. The molecule has 26 heavy (non-hydrogen) atoms. The maximum atomic E-state index is 12.7. The lowest BCUT2D eigenvalue weighted by Crippen LogP contribution is -2.48. The molecule has 0 radical (unpaired) electrons. The molecule has 3 rings (SSSR count). The van der Waals surface area contributed by atoms with Gasteiger partial charge >= 0.3 is 0 Å². The first-order valence-corrected chi connectivity index (χ1v) is 10.1. The number of benzene rings is 2. The van der Waals surface area contributed by atoms with Crippen LogP contribution in [0.5, 0.6) is 5.75 Å². The van der Waals surface area contributed by atoms with Crippen LogP contribution in [0.25, 0.3) is 0 Å². The Morgan fingerprint density at radius 1 is 1.08 bits per heavy atom. The predicted octanol–water partition coefficient (Wildman–Crippen LogP) is 2.78. The van der Waals surface area contributed by atoms with Crippen molar-refractivity contribution in [3.05, 3.63) is 53.1 Å². The van der Waals surface area contributed by atoms with Gasteiger partial charge in [-0.25, -0.2) is 8.42 Å². The summed E-state index contributed by atoms with van der Waals surface area (Å²) in [6.45, 7) is 5.71. The summed E-state index contributed by atoms with van der Waals surface area (Å²) in [6.07, 6.45) is 0.198. The maximum absolute atomic E-state index is 12.7. The number of carbonyl (C=O) groups excluding carboxylic acids is 1. The average Bonchev–Trinajstić information content (AvgIpc) is 2.51. The molecule has 0 saturated carbocycles. The van der Waals surface area contributed by atoms with E-state index in [2.05, 4.69) is 5.32 Å². The highest BCUT2D eigenvalue weighted by atomic mass is 32.2. The molecule has 0 spiro atoms. The maximum Gasteiger partial charge on any atom is 0.267 e. The van der Waals surface area contributed by atoms with Crippen LogP contribution in [-0.2, 0) is 14.8 Å². The number of anilines is 2. The van der Waals surface area contributed by atoms with Crippen molar-refractivity contribution >= 4 is 27.3 Å². The normalized spacial score (nSPS) is 16.6. The average molecular weight is 374 g/mol. The predicted molar refractivity (Wildman–Crippen MR) is 102 cm³/mol. The van der Waals surface area contributed by atoms with Gasteiger partial charge < -0.3 is 10.1 Å². The zero-order valence-corrected chi connectivity index (χ0v) is 16.1. The molecule has 2 aromatic carbocycles. The molecule has 1 atom stereocenters. The van der Waals surface area contributed by atoms with Crippen LogP contribution in [0.3, 0.4) is 0 Å². The molecule has 1 aliphatic rings. The lowest BCUT2D eigenvalue weighted by atomic mass is 10.1. The standard InChI is InChI=1S/C19H22N2O4S/c1-12-5-6-17-16(10-12)21(26(4,23)24)11-18(25-17)19(22)20-15-8-13(2)7-14(3)9-15/h5-10,18H,11H2,1-4H3,(H,20,22). The van der Waals surface area contributed by atoms with Crippen molar-refractivity contribution in [1.29, 1.82) is 0 Å². The molecule has 0 aromatic heterocycles. The Balaban J connectivity index is 1.89. The van der Waals surface area contributed by atoms with Crippen LogP contribution < -0.4 is 14.4 Å². The number of rotatable bonds is 3. The summed E-state index contributed by atoms with van der Waals surface area (Å²) in [5.41, 5.74) is 4.10. The first-order chi connectivity index (χ1) is 12.1. The first-order valence-electron chi connectivity index (χ1n) is 8.27. The lowest BCUT2D eigenvalue weighted by molar-refractivity contribution is -0.122. The first kappa shape index (κ1) is 18.3. The van der Waals surface area contributed by atoms with Crippen LogP contribution in [-0.4, -0.2) is 33.2 Å². The minimum Gasteiger partial charge on any atom is -0.476 e. The van der Waals surface area contributed by atoms with Crippen molar-refractivity contribution in [3.8, 4) is 5.75 Å². The van der Waals surface area contributed by atoms with E-state index in [0.717, 1.165) is 22.9 Å². The Morgan fingerprint density at radius 2 is 1.73 bits per heavy atom. The number of aryl methyl sites for hydroxylation is 3. The van der Waals surface area contributed by atoms with Gasteiger partial charge in [0.1, 0.15) is 5.75 Å². The van der Waals surface area contributed by atoms with Gasteiger partial charge in [-0.15, -0.1) is 0 Å². The molecule has 7 heteroatoms. The zero-order valence-electron chi connectivity index (χ0n) is 15.2. The van der Waals surface area contributed by atoms with Gasteiger partial charge in [0.2, 0.25) is 10.0 Å². The summed E-state index contributed by atoms with van der Waals surface area (Å²) in [4.78, 5) is 12.7. The van der Waals surface area contributed by atoms with Gasteiger partial charge in [0, 0.05) is 5.69 Å². The fourth-order valence-corrected chi connectivity index (χ4v) is 3.99. The molecule has 1 unspecified atom stereocenters. The molecule has 0 saturated heterocycles. The quantitative estimate of drug-likeness (QED) is 0.896. The van der Waals surface area contributed by atoms with E-state index in [1.807, 2.05) is 45.0 Å². The zero-order chi connectivity index (χ0) is 19.1. The summed E-state index contributed by atoms with van der Waals surface area (Å²) < 4.78 is 31.4. The summed E-state index contributed by atoms with van der Waals surface area (Å²) in [7, 11) is -3.54. The molecule has 1 N–H and O–H groups in total. The highest BCUT2D eigenvalue weighted by Crippen LogP contribution is 2.36. The van der Waals surface area contributed by atoms with E-state index in [0.29, 0.717) is 17.1 Å².